The molecule has 1 aromatic carbocycles. The predicted molar refractivity (Wildman–Crippen MR) is 153 cm³/mol. The lowest BCUT2D eigenvalue weighted by Gasteiger charge is -2.27. The number of benzene rings is 1. The van der Waals surface area contributed by atoms with E-state index in [1.54, 1.807) is 18.2 Å². The van der Waals surface area contributed by atoms with E-state index in [0.717, 1.165) is 49.5 Å². The van der Waals surface area contributed by atoms with Crippen molar-refractivity contribution in [3.8, 4) is 17.0 Å². The number of carbonyl (C=O) groups excluding carboxylic acids is 2. The zero-order chi connectivity index (χ0) is 27.2. The number of likely N-dealkylation sites (tertiary alicyclic amines) is 2. The lowest BCUT2D eigenvalue weighted by molar-refractivity contribution is 0.0735. The molecule has 0 radical (unpaired) electrons. The number of likely N-dealkylation sites (N-methyl/N-ethyl adjacent to an activating group) is 1. The van der Waals surface area contributed by atoms with E-state index in [9.17, 15) is 9.59 Å². The van der Waals surface area contributed by atoms with Gasteiger partial charge < -0.3 is 24.8 Å². The topological polar surface area (TPSA) is 78.0 Å². The van der Waals surface area contributed by atoms with Gasteiger partial charge in [-0.2, -0.15) is 0 Å². The number of urea groups is 1. The maximum atomic E-state index is 13.2. The van der Waals surface area contributed by atoms with E-state index in [2.05, 4.69) is 10.3 Å². The van der Waals surface area contributed by atoms with Crippen LogP contribution in [0.1, 0.15) is 61.7 Å². The monoisotopic (exact) mass is 533 g/mol. The van der Waals surface area contributed by atoms with E-state index in [-0.39, 0.29) is 18.0 Å². The van der Waals surface area contributed by atoms with Crippen LogP contribution in [0.15, 0.2) is 42.6 Å². The molecule has 5 rings (SSSR count). The summed E-state index contributed by atoms with van der Waals surface area (Å²) in [5.74, 6) is 1.50. The first kappa shape index (κ1) is 27.4. The van der Waals surface area contributed by atoms with E-state index in [4.69, 9.17) is 4.74 Å². The van der Waals surface area contributed by atoms with Gasteiger partial charge in [0.2, 0.25) is 5.88 Å². The smallest absolute Gasteiger partial charge is 0.320 e. The Balaban J connectivity index is 1.07. The summed E-state index contributed by atoms with van der Waals surface area (Å²) in [6.45, 7) is 3.94. The van der Waals surface area contributed by atoms with Gasteiger partial charge in [-0.3, -0.25) is 4.79 Å². The molecule has 3 aliphatic rings. The quantitative estimate of drug-likeness (QED) is 0.475. The number of methoxy groups -OCH3 is 1. The Morgan fingerprint density at radius 3 is 2.41 bits per heavy atom. The molecule has 1 saturated carbocycles. The summed E-state index contributed by atoms with van der Waals surface area (Å²) in [6.07, 6.45) is 11.8. The first-order valence-electron chi connectivity index (χ1n) is 14.7. The third kappa shape index (κ3) is 6.72. The summed E-state index contributed by atoms with van der Waals surface area (Å²) in [7, 11) is 3.45. The second-order valence-electron chi connectivity index (χ2n) is 11.4. The average molecular weight is 534 g/mol. The van der Waals surface area contributed by atoms with Gasteiger partial charge in [0.15, 0.2) is 0 Å². The van der Waals surface area contributed by atoms with Crippen LogP contribution in [-0.2, 0) is 0 Å². The molecule has 0 spiro atoms. The van der Waals surface area contributed by atoms with Gasteiger partial charge in [0.05, 0.1) is 13.2 Å². The first-order valence-corrected chi connectivity index (χ1v) is 14.7. The van der Waals surface area contributed by atoms with E-state index in [1.165, 1.54) is 38.5 Å². The second kappa shape index (κ2) is 12.8. The number of nitrogens with zero attached hydrogens (tertiary/aromatic N) is 4. The molecule has 3 amide bonds. The second-order valence-corrected chi connectivity index (χ2v) is 11.4. The maximum absolute atomic E-state index is 13.2. The van der Waals surface area contributed by atoms with Crippen LogP contribution in [0.2, 0.25) is 0 Å². The summed E-state index contributed by atoms with van der Waals surface area (Å²) in [4.78, 5) is 36.4. The molecule has 0 bridgehead atoms. The largest absolute Gasteiger partial charge is 0.481 e. The van der Waals surface area contributed by atoms with Gasteiger partial charge >= 0.3 is 6.03 Å². The van der Waals surface area contributed by atoms with Crippen molar-refractivity contribution < 1.29 is 14.3 Å². The van der Waals surface area contributed by atoms with Crippen LogP contribution in [0.3, 0.4) is 0 Å². The van der Waals surface area contributed by atoms with Crippen LogP contribution in [0, 0.1) is 5.92 Å². The molecular weight excluding hydrogens is 490 g/mol. The van der Waals surface area contributed by atoms with Crippen LogP contribution in [-0.4, -0.2) is 90.6 Å². The highest BCUT2D eigenvalue weighted by atomic mass is 16.5. The molecule has 2 aliphatic heterocycles. The van der Waals surface area contributed by atoms with Gasteiger partial charge in [-0.1, -0.05) is 37.8 Å². The fourth-order valence-corrected chi connectivity index (χ4v) is 6.37. The molecule has 2 aromatic rings. The molecular formula is C31H43N5O3. The minimum absolute atomic E-state index is 0.0169. The molecule has 3 heterocycles. The lowest BCUT2D eigenvalue weighted by atomic mass is 10.0. The standard InChI is InChI=1S/C31H43N5O3/c1-34(30(37)25-11-9-24(10-12-25)26-13-14-29(39-2)33-20-26)28-16-19-36(22-28)31(38)35-18-15-27(21-35)32-17-5-8-23-6-3-4-7-23/h9-14,20,23,27-28,32H,3-8,15-19,21-22H2,1-2H3/t27-,28+/m1/s1. The Morgan fingerprint density at radius 2 is 1.69 bits per heavy atom. The highest BCUT2D eigenvalue weighted by Crippen LogP contribution is 2.28. The van der Waals surface area contributed by atoms with Crippen molar-refractivity contribution in [1.29, 1.82) is 0 Å². The summed E-state index contributed by atoms with van der Waals surface area (Å²) in [5, 5.41) is 3.69. The van der Waals surface area contributed by atoms with Crippen LogP contribution in [0.4, 0.5) is 4.79 Å². The van der Waals surface area contributed by atoms with Gasteiger partial charge in [0, 0.05) is 62.7 Å². The third-order valence-electron chi connectivity index (χ3n) is 8.87. The SMILES string of the molecule is COc1ccc(-c2ccc(C(=O)N(C)[C@H]3CCN(C(=O)N4CC[C@@H](NCCCC5CCCC5)C4)C3)cc2)cn1. The van der Waals surface area contributed by atoms with E-state index in [0.29, 0.717) is 30.6 Å². The van der Waals surface area contributed by atoms with Crippen LogP contribution >= 0.6 is 0 Å². The predicted octanol–water partition coefficient (Wildman–Crippen LogP) is 4.66. The summed E-state index contributed by atoms with van der Waals surface area (Å²) < 4.78 is 5.13. The molecule has 1 aromatic heterocycles. The van der Waals surface area contributed by atoms with Crippen molar-refractivity contribution >= 4 is 11.9 Å². The average Bonchev–Trinajstić information content (AvgIpc) is 3.77. The Bertz CT molecular complexity index is 1100. The summed E-state index contributed by atoms with van der Waals surface area (Å²) in [5.41, 5.74) is 2.61. The van der Waals surface area contributed by atoms with Crippen molar-refractivity contribution in [2.45, 2.75) is 63.5 Å². The third-order valence-corrected chi connectivity index (χ3v) is 8.87. The lowest BCUT2D eigenvalue weighted by Crippen LogP contribution is -2.45. The van der Waals surface area contributed by atoms with Crippen molar-refractivity contribution in [3.63, 3.8) is 0 Å². The number of pyridine rings is 1. The van der Waals surface area contributed by atoms with Crippen molar-refractivity contribution in [1.82, 2.24) is 25.0 Å². The van der Waals surface area contributed by atoms with Crippen LogP contribution < -0.4 is 10.1 Å². The van der Waals surface area contributed by atoms with Crippen LogP contribution in [0.5, 0.6) is 5.88 Å². The number of rotatable bonds is 9. The molecule has 39 heavy (non-hydrogen) atoms. The molecule has 2 atom stereocenters. The molecule has 8 heteroatoms. The fraction of sp³-hybridized carbons (Fsp3) is 0.581. The maximum Gasteiger partial charge on any atom is 0.320 e. The van der Waals surface area contributed by atoms with Crippen molar-refractivity contribution in [3.05, 3.63) is 48.2 Å². The molecule has 2 saturated heterocycles. The minimum Gasteiger partial charge on any atom is -0.481 e. The van der Waals surface area contributed by atoms with Crippen molar-refractivity contribution in [2.24, 2.45) is 5.92 Å². The highest BCUT2D eigenvalue weighted by Gasteiger charge is 2.35. The fourth-order valence-electron chi connectivity index (χ4n) is 6.37. The van der Waals surface area contributed by atoms with Gasteiger partial charge in [-0.15, -0.1) is 0 Å². The molecule has 210 valence electrons. The number of nitrogens with one attached hydrogen (secondary N) is 1. The normalized spacial score (nSPS) is 21.5. The van der Waals surface area contributed by atoms with Gasteiger partial charge in [-0.05, 0) is 61.9 Å². The number of carbonyl (C=O) groups is 2. The van der Waals surface area contributed by atoms with E-state index >= 15 is 0 Å². The highest BCUT2D eigenvalue weighted by molar-refractivity contribution is 5.94. The Labute approximate surface area is 232 Å². The summed E-state index contributed by atoms with van der Waals surface area (Å²) in [6, 6.07) is 11.9. The first-order chi connectivity index (χ1) is 19.0. The zero-order valence-corrected chi connectivity index (χ0v) is 23.5. The number of aromatic nitrogens is 1. The van der Waals surface area contributed by atoms with E-state index in [1.807, 2.05) is 53.2 Å². The Kier molecular flexibility index (Phi) is 9.02. The zero-order valence-electron chi connectivity index (χ0n) is 23.5. The van der Waals surface area contributed by atoms with Crippen LogP contribution in [0.25, 0.3) is 11.1 Å². The number of amides is 3. The minimum atomic E-state index is -0.0169. The van der Waals surface area contributed by atoms with Crippen molar-refractivity contribution in [2.75, 3.05) is 46.9 Å². The van der Waals surface area contributed by atoms with Gasteiger partial charge in [0.25, 0.3) is 5.91 Å². The van der Waals surface area contributed by atoms with Gasteiger partial charge in [0.1, 0.15) is 0 Å². The molecule has 3 fully saturated rings. The number of ether oxygens (including phenoxy) is 1. The molecule has 1 aliphatic carbocycles. The number of hydrogen-bond donors (Lipinski definition) is 1. The number of hydrogen-bond acceptors (Lipinski definition) is 5. The molecule has 8 nitrogen and oxygen atoms in total. The van der Waals surface area contributed by atoms with E-state index < -0.39 is 0 Å². The molecule has 1 N–H and O–H groups in total. The molecule has 0 unspecified atom stereocenters. The Hall–Kier alpha value is -3.13. The summed E-state index contributed by atoms with van der Waals surface area (Å²) >= 11 is 0. The Morgan fingerprint density at radius 1 is 0.974 bits per heavy atom. The van der Waals surface area contributed by atoms with Gasteiger partial charge in [-0.25, -0.2) is 9.78 Å².